The van der Waals surface area contributed by atoms with Crippen LogP contribution in [-0.2, 0) is 4.79 Å². The average molecular weight is 294 g/mol. The van der Waals surface area contributed by atoms with Crippen LogP contribution in [-0.4, -0.2) is 17.1 Å². The zero-order chi connectivity index (χ0) is 14.6. The van der Waals surface area contributed by atoms with Crippen LogP contribution in [0.3, 0.4) is 0 Å². The monoisotopic (exact) mass is 294 g/mol. The Balaban J connectivity index is 2.70. The van der Waals surface area contributed by atoms with E-state index in [4.69, 9.17) is 5.73 Å². The van der Waals surface area contributed by atoms with Crippen molar-refractivity contribution in [1.29, 1.82) is 0 Å². The second-order valence-corrected chi connectivity index (χ2v) is 4.16. The van der Waals surface area contributed by atoms with Gasteiger partial charge in [0.25, 0.3) is 0 Å². The van der Waals surface area contributed by atoms with E-state index in [1.807, 2.05) is 0 Å². The molecule has 0 saturated heterocycles. The molecule has 1 amide bonds. The van der Waals surface area contributed by atoms with Gasteiger partial charge in [-0.3, -0.25) is 4.79 Å². The van der Waals surface area contributed by atoms with Gasteiger partial charge in [0.05, 0.1) is 6.42 Å². The summed E-state index contributed by atoms with van der Waals surface area (Å²) in [5.74, 6) is -1.49. The van der Waals surface area contributed by atoms with Crippen molar-refractivity contribution >= 4 is 28.8 Å². The van der Waals surface area contributed by atoms with Gasteiger partial charge < -0.3 is 11.1 Å². The minimum Gasteiger partial charge on any atom is -0.389 e. The van der Waals surface area contributed by atoms with Crippen molar-refractivity contribution in [2.45, 2.75) is 19.0 Å². The van der Waals surface area contributed by atoms with E-state index in [0.29, 0.717) is 0 Å². The second-order valence-electron chi connectivity index (χ2n) is 3.72. The molecule has 0 bridgehead atoms. The first-order valence-corrected chi connectivity index (χ1v) is 5.56. The van der Waals surface area contributed by atoms with Gasteiger partial charge in [0.1, 0.15) is 10.8 Å². The first-order chi connectivity index (χ1) is 8.69. The number of amides is 1. The smallest absolute Gasteiger partial charge is 0.389 e. The largest absolute Gasteiger partial charge is 0.389 e. The predicted octanol–water partition coefficient (Wildman–Crippen LogP) is 2.74. The lowest BCUT2D eigenvalue weighted by atomic mass is 10.2. The minimum absolute atomic E-state index is 0.0800. The van der Waals surface area contributed by atoms with Gasteiger partial charge in [0.2, 0.25) is 5.91 Å². The van der Waals surface area contributed by atoms with Gasteiger partial charge in [-0.15, -0.1) is 0 Å². The molecule has 0 aromatic heterocycles. The number of nitrogens with one attached hydrogen (secondary N) is 1. The number of nitrogens with two attached hydrogens (primary N) is 1. The highest BCUT2D eigenvalue weighted by molar-refractivity contribution is 7.80. The van der Waals surface area contributed by atoms with Crippen LogP contribution in [0.25, 0.3) is 0 Å². The molecular formula is C11H10F4N2OS. The number of carbonyl (C=O) groups excluding carboxylic acids is 1. The van der Waals surface area contributed by atoms with Crippen molar-refractivity contribution < 1.29 is 22.4 Å². The van der Waals surface area contributed by atoms with Crippen LogP contribution in [0.1, 0.15) is 18.4 Å². The summed E-state index contributed by atoms with van der Waals surface area (Å²) in [7, 11) is 0. The topological polar surface area (TPSA) is 55.1 Å². The summed E-state index contributed by atoms with van der Waals surface area (Å²) in [5, 5.41) is 2.22. The van der Waals surface area contributed by atoms with Crippen LogP contribution in [0.15, 0.2) is 18.2 Å². The molecule has 1 rings (SSSR count). The van der Waals surface area contributed by atoms with Crippen LogP contribution in [0, 0.1) is 5.82 Å². The fraction of sp³-hybridized carbons (Fsp3) is 0.273. The lowest BCUT2D eigenvalue weighted by Crippen LogP contribution is -2.17. The zero-order valence-corrected chi connectivity index (χ0v) is 10.4. The van der Waals surface area contributed by atoms with E-state index in [2.05, 4.69) is 17.5 Å². The van der Waals surface area contributed by atoms with Gasteiger partial charge in [-0.2, -0.15) is 13.2 Å². The van der Waals surface area contributed by atoms with E-state index in [1.165, 1.54) is 12.1 Å². The van der Waals surface area contributed by atoms with Gasteiger partial charge in [0.15, 0.2) is 0 Å². The molecule has 8 heteroatoms. The molecule has 3 N–H and O–H groups in total. The summed E-state index contributed by atoms with van der Waals surface area (Å²) in [6, 6.07) is 3.40. The van der Waals surface area contributed by atoms with Crippen molar-refractivity contribution in [1.82, 2.24) is 0 Å². The third-order valence-electron chi connectivity index (χ3n) is 2.15. The summed E-state index contributed by atoms with van der Waals surface area (Å²) in [5.41, 5.74) is 5.32. The fourth-order valence-electron chi connectivity index (χ4n) is 1.27. The molecule has 1 aromatic rings. The van der Waals surface area contributed by atoms with E-state index in [1.54, 1.807) is 0 Å². The Kier molecular flexibility index (Phi) is 4.82. The first kappa shape index (κ1) is 15.4. The Labute approximate surface area is 111 Å². The molecule has 0 atom stereocenters. The number of halogens is 4. The number of carbonyl (C=O) groups is 1. The van der Waals surface area contributed by atoms with Crippen molar-refractivity contribution in [2.24, 2.45) is 5.73 Å². The van der Waals surface area contributed by atoms with E-state index in [-0.39, 0.29) is 16.2 Å². The molecule has 19 heavy (non-hydrogen) atoms. The van der Waals surface area contributed by atoms with E-state index < -0.39 is 30.7 Å². The van der Waals surface area contributed by atoms with Crippen molar-refractivity contribution in [3.63, 3.8) is 0 Å². The third-order valence-corrected chi connectivity index (χ3v) is 2.37. The van der Waals surface area contributed by atoms with Crippen molar-refractivity contribution in [2.75, 3.05) is 5.32 Å². The van der Waals surface area contributed by atoms with Gasteiger partial charge >= 0.3 is 6.18 Å². The standard InChI is InChI=1S/C11H10F4N2OS/c12-8-2-1-6(5-7(8)10(16)19)17-9(18)3-4-11(13,14)15/h1-2,5H,3-4H2,(H2,16,19)(H,17,18). The zero-order valence-electron chi connectivity index (χ0n) is 9.55. The first-order valence-electron chi connectivity index (χ1n) is 5.15. The van der Waals surface area contributed by atoms with Crippen LogP contribution in [0.2, 0.25) is 0 Å². The normalized spacial score (nSPS) is 11.2. The number of thiocarbonyl (C=S) groups is 1. The molecule has 0 heterocycles. The maximum Gasteiger partial charge on any atom is 0.389 e. The maximum absolute atomic E-state index is 13.2. The summed E-state index contributed by atoms with van der Waals surface area (Å²) >= 11 is 4.60. The molecule has 0 radical (unpaired) electrons. The summed E-state index contributed by atoms with van der Waals surface area (Å²) in [4.78, 5) is 11.1. The van der Waals surface area contributed by atoms with Gasteiger partial charge in [-0.05, 0) is 18.2 Å². The number of hydrogen-bond donors (Lipinski definition) is 2. The minimum atomic E-state index is -4.40. The quantitative estimate of drug-likeness (QED) is 0.663. The molecule has 3 nitrogen and oxygen atoms in total. The molecule has 0 unspecified atom stereocenters. The summed E-state index contributed by atoms with van der Waals surface area (Å²) in [6.45, 7) is 0. The third kappa shape index (κ3) is 5.21. The molecule has 0 aliphatic rings. The number of hydrogen-bond acceptors (Lipinski definition) is 2. The molecule has 104 valence electrons. The van der Waals surface area contributed by atoms with Crippen molar-refractivity contribution in [3.8, 4) is 0 Å². The molecule has 0 spiro atoms. The molecular weight excluding hydrogens is 284 g/mol. The van der Waals surface area contributed by atoms with E-state index in [9.17, 15) is 22.4 Å². The Bertz CT molecular complexity index is 502. The summed E-state index contributed by atoms with van der Waals surface area (Å²) in [6.07, 6.45) is -6.32. The number of rotatable bonds is 4. The molecule has 0 aliphatic carbocycles. The molecule has 1 aromatic carbocycles. The Morgan fingerprint density at radius 3 is 2.53 bits per heavy atom. The second kappa shape index (κ2) is 5.96. The average Bonchev–Trinajstić information content (AvgIpc) is 2.28. The molecule has 0 fully saturated rings. The van der Waals surface area contributed by atoms with Gasteiger partial charge in [-0.25, -0.2) is 4.39 Å². The van der Waals surface area contributed by atoms with E-state index >= 15 is 0 Å². The number of benzene rings is 1. The maximum atomic E-state index is 13.2. The Hall–Kier alpha value is -1.70. The number of alkyl halides is 3. The highest BCUT2D eigenvalue weighted by Crippen LogP contribution is 2.22. The van der Waals surface area contributed by atoms with Crippen molar-refractivity contribution in [3.05, 3.63) is 29.6 Å². The van der Waals surface area contributed by atoms with Crippen LogP contribution in [0.4, 0.5) is 23.2 Å². The lowest BCUT2D eigenvalue weighted by Gasteiger charge is -2.09. The fourth-order valence-corrected chi connectivity index (χ4v) is 1.43. The number of anilines is 1. The lowest BCUT2D eigenvalue weighted by molar-refractivity contribution is -0.142. The van der Waals surface area contributed by atoms with Gasteiger partial charge in [0, 0.05) is 17.7 Å². The summed E-state index contributed by atoms with van der Waals surface area (Å²) < 4.78 is 49.0. The van der Waals surface area contributed by atoms with E-state index in [0.717, 1.165) is 6.07 Å². The highest BCUT2D eigenvalue weighted by atomic mass is 32.1. The predicted molar refractivity (Wildman–Crippen MR) is 66.2 cm³/mol. The Morgan fingerprint density at radius 1 is 1.37 bits per heavy atom. The SMILES string of the molecule is NC(=S)c1cc(NC(=O)CCC(F)(F)F)ccc1F. The van der Waals surface area contributed by atoms with Gasteiger partial charge in [-0.1, -0.05) is 12.2 Å². The molecule has 0 saturated carbocycles. The van der Waals surface area contributed by atoms with Crippen LogP contribution < -0.4 is 11.1 Å². The highest BCUT2D eigenvalue weighted by Gasteiger charge is 2.27. The van der Waals surface area contributed by atoms with Crippen LogP contribution >= 0.6 is 12.2 Å². The molecule has 0 aliphatic heterocycles. The van der Waals surface area contributed by atoms with Crippen LogP contribution in [0.5, 0.6) is 0 Å². The Morgan fingerprint density at radius 2 is 2.00 bits per heavy atom.